The maximum atomic E-state index is 11.5. The number of rotatable bonds is 2. The highest BCUT2D eigenvalue weighted by Crippen LogP contribution is 2.39. The van der Waals surface area contributed by atoms with Crippen molar-refractivity contribution in [3.8, 4) is 0 Å². The van der Waals surface area contributed by atoms with Gasteiger partial charge in [0, 0.05) is 34.9 Å². The first-order valence-corrected chi connectivity index (χ1v) is 10.1. The third-order valence-corrected chi connectivity index (χ3v) is 6.90. The van der Waals surface area contributed by atoms with Gasteiger partial charge in [0.25, 0.3) is 0 Å². The summed E-state index contributed by atoms with van der Waals surface area (Å²) in [4.78, 5) is 11.0. The van der Waals surface area contributed by atoms with Crippen LogP contribution in [0.3, 0.4) is 0 Å². The molecule has 22 heavy (non-hydrogen) atoms. The summed E-state index contributed by atoms with van der Waals surface area (Å²) >= 11 is 1.71. The van der Waals surface area contributed by atoms with Gasteiger partial charge in [-0.1, -0.05) is 11.2 Å². The lowest BCUT2D eigenvalue weighted by Crippen LogP contribution is -2.51. The topological polar surface area (TPSA) is 83.0 Å². The van der Waals surface area contributed by atoms with Gasteiger partial charge in [-0.2, -0.15) is 0 Å². The van der Waals surface area contributed by atoms with Crippen molar-refractivity contribution in [2.24, 2.45) is 0 Å². The van der Waals surface area contributed by atoms with Gasteiger partial charge in [-0.25, -0.2) is 9.97 Å². The Labute approximate surface area is 145 Å². The largest absolute Gasteiger partial charge is 0.616 e. The first-order valence-electron chi connectivity index (χ1n) is 7.49. The van der Waals surface area contributed by atoms with Crippen LogP contribution in [0.15, 0.2) is 12.5 Å². The van der Waals surface area contributed by atoms with Crippen molar-refractivity contribution in [2.45, 2.75) is 24.9 Å². The molecule has 0 spiro atoms. The lowest BCUT2D eigenvalue weighted by atomic mass is 9.85. The van der Waals surface area contributed by atoms with Gasteiger partial charge in [0.1, 0.15) is 29.3 Å². The molecule has 2 aliphatic rings. The lowest BCUT2D eigenvalue weighted by Gasteiger charge is -2.44. The molecule has 4 rings (SSSR count). The molecule has 0 unspecified atom stereocenters. The quantitative estimate of drug-likeness (QED) is 0.574. The van der Waals surface area contributed by atoms with Crippen LogP contribution in [-0.4, -0.2) is 54.6 Å². The molecule has 0 bridgehead atoms. The van der Waals surface area contributed by atoms with E-state index in [0.29, 0.717) is 17.9 Å². The van der Waals surface area contributed by atoms with E-state index in [9.17, 15) is 4.55 Å². The SMILES string of the molecule is Nc1ncnc2c1c(I)cn2[C@H]1C[C@@H](N2CC[S+]([O-])CC2)C1. The normalized spacial score (nSPS) is 27.2. The minimum atomic E-state index is -0.597. The van der Waals surface area contributed by atoms with Crippen LogP contribution in [0, 0.1) is 3.57 Å². The van der Waals surface area contributed by atoms with Gasteiger partial charge in [-0.05, 0) is 35.4 Å². The van der Waals surface area contributed by atoms with E-state index in [1.807, 2.05) is 0 Å². The van der Waals surface area contributed by atoms with Gasteiger partial charge in [0.2, 0.25) is 0 Å². The Balaban J connectivity index is 1.50. The fourth-order valence-electron chi connectivity index (χ4n) is 3.44. The molecule has 1 saturated carbocycles. The zero-order valence-corrected chi connectivity index (χ0v) is 15.1. The van der Waals surface area contributed by atoms with E-state index < -0.39 is 11.2 Å². The van der Waals surface area contributed by atoms with E-state index in [1.54, 1.807) is 6.33 Å². The smallest absolute Gasteiger partial charge is 0.146 e. The van der Waals surface area contributed by atoms with Crippen LogP contribution < -0.4 is 5.73 Å². The van der Waals surface area contributed by atoms with Gasteiger partial charge in [-0.3, -0.25) is 4.90 Å². The molecule has 8 heteroatoms. The summed E-state index contributed by atoms with van der Waals surface area (Å²) in [7, 11) is 0. The second-order valence-electron chi connectivity index (χ2n) is 6.00. The molecule has 2 aromatic rings. The van der Waals surface area contributed by atoms with Crippen molar-refractivity contribution in [1.82, 2.24) is 19.4 Å². The van der Waals surface area contributed by atoms with Crippen molar-refractivity contribution in [2.75, 3.05) is 30.3 Å². The number of hydrogen-bond acceptors (Lipinski definition) is 5. The van der Waals surface area contributed by atoms with Gasteiger partial charge in [0.05, 0.1) is 5.39 Å². The Bertz CT molecular complexity index is 694. The fourth-order valence-corrected chi connectivity index (χ4v) is 5.34. The molecule has 2 N–H and O–H groups in total. The summed E-state index contributed by atoms with van der Waals surface area (Å²) < 4.78 is 14.8. The molecular weight excluding hydrogens is 413 g/mol. The summed E-state index contributed by atoms with van der Waals surface area (Å²) in [5.41, 5.74) is 6.93. The van der Waals surface area contributed by atoms with E-state index in [4.69, 9.17) is 5.73 Å². The highest BCUT2D eigenvalue weighted by atomic mass is 127. The summed E-state index contributed by atoms with van der Waals surface area (Å²) in [6.45, 7) is 1.95. The number of nitrogens with two attached hydrogens (primary N) is 1. The zero-order valence-electron chi connectivity index (χ0n) is 12.1. The molecule has 2 aromatic heterocycles. The Morgan fingerprint density at radius 1 is 1.23 bits per heavy atom. The van der Waals surface area contributed by atoms with Crippen LogP contribution in [0.25, 0.3) is 11.0 Å². The molecule has 3 heterocycles. The highest BCUT2D eigenvalue weighted by Gasteiger charge is 2.37. The summed E-state index contributed by atoms with van der Waals surface area (Å²) in [5, 5.41) is 0.972. The molecule has 1 aliphatic heterocycles. The first-order chi connectivity index (χ1) is 10.6. The average molecular weight is 431 g/mol. The van der Waals surface area contributed by atoms with Crippen LogP contribution in [0.1, 0.15) is 18.9 Å². The van der Waals surface area contributed by atoms with Gasteiger partial charge < -0.3 is 14.9 Å². The number of anilines is 1. The Morgan fingerprint density at radius 2 is 1.95 bits per heavy atom. The Kier molecular flexibility index (Phi) is 3.95. The second-order valence-corrected chi connectivity index (χ2v) is 8.86. The maximum Gasteiger partial charge on any atom is 0.146 e. The van der Waals surface area contributed by atoms with Crippen LogP contribution in [-0.2, 0) is 11.2 Å². The van der Waals surface area contributed by atoms with Gasteiger partial charge >= 0.3 is 0 Å². The predicted octanol–water partition coefficient (Wildman–Crippen LogP) is 1.39. The first kappa shape index (κ1) is 15.0. The molecule has 6 nitrogen and oxygen atoms in total. The number of nitrogen functional groups attached to an aromatic ring is 1. The molecule has 0 atom stereocenters. The van der Waals surface area contributed by atoms with E-state index in [-0.39, 0.29) is 0 Å². The Morgan fingerprint density at radius 3 is 2.68 bits per heavy atom. The molecule has 0 radical (unpaired) electrons. The third-order valence-electron chi connectivity index (χ3n) is 4.80. The number of hydrogen-bond donors (Lipinski definition) is 1. The van der Waals surface area contributed by atoms with E-state index in [1.165, 1.54) is 0 Å². The average Bonchev–Trinajstić information content (AvgIpc) is 2.78. The predicted molar refractivity (Wildman–Crippen MR) is 96.2 cm³/mol. The van der Waals surface area contributed by atoms with Crippen LogP contribution in [0.5, 0.6) is 0 Å². The second kappa shape index (κ2) is 5.81. The molecular formula is C14H18IN5OS. The maximum absolute atomic E-state index is 11.5. The van der Waals surface area contributed by atoms with E-state index >= 15 is 0 Å². The lowest BCUT2D eigenvalue weighted by molar-refractivity contribution is 0.0922. The number of halogens is 1. The number of aromatic nitrogens is 3. The number of nitrogens with zero attached hydrogens (tertiary/aromatic N) is 4. The van der Waals surface area contributed by atoms with Crippen molar-refractivity contribution in [1.29, 1.82) is 0 Å². The van der Waals surface area contributed by atoms with Crippen LogP contribution in [0.4, 0.5) is 5.82 Å². The zero-order chi connectivity index (χ0) is 15.3. The summed E-state index contributed by atoms with van der Waals surface area (Å²) in [6.07, 6.45) is 5.95. The number of fused-ring (bicyclic) bond motifs is 1. The fraction of sp³-hybridized carbons (Fsp3) is 0.571. The Hall–Kier alpha value is -0.580. The van der Waals surface area contributed by atoms with E-state index in [0.717, 1.165) is 52.0 Å². The summed E-state index contributed by atoms with van der Waals surface area (Å²) in [6, 6.07) is 1.11. The molecule has 118 valence electrons. The monoisotopic (exact) mass is 431 g/mol. The van der Waals surface area contributed by atoms with Gasteiger partial charge in [-0.15, -0.1) is 0 Å². The molecule has 0 amide bonds. The standard InChI is InChI=1S/C14H18IN5OS/c15-11-7-20(14-12(11)13(16)17-8-18-14)10-5-9(6-10)19-1-3-22(21)4-2-19/h7-10H,1-6H2,(H2,16,17,18)/t9-,10+. The van der Waals surface area contributed by atoms with Crippen LogP contribution >= 0.6 is 22.6 Å². The van der Waals surface area contributed by atoms with Crippen molar-refractivity contribution in [3.05, 3.63) is 16.1 Å². The molecule has 1 aliphatic carbocycles. The minimum Gasteiger partial charge on any atom is -0.616 e. The third kappa shape index (κ3) is 2.49. The summed E-state index contributed by atoms with van der Waals surface area (Å²) in [5.74, 6) is 2.22. The molecule has 1 saturated heterocycles. The minimum absolute atomic E-state index is 0.484. The van der Waals surface area contributed by atoms with Crippen molar-refractivity contribution >= 4 is 50.6 Å². The highest BCUT2D eigenvalue weighted by molar-refractivity contribution is 14.1. The van der Waals surface area contributed by atoms with E-state index in [2.05, 4.69) is 48.2 Å². The van der Waals surface area contributed by atoms with Crippen LogP contribution in [0.2, 0.25) is 0 Å². The van der Waals surface area contributed by atoms with Crippen molar-refractivity contribution in [3.63, 3.8) is 0 Å². The van der Waals surface area contributed by atoms with Crippen molar-refractivity contribution < 1.29 is 4.55 Å². The molecule has 0 aromatic carbocycles. The molecule has 2 fully saturated rings. The van der Waals surface area contributed by atoms with Gasteiger partial charge in [0.15, 0.2) is 0 Å².